The molecule has 0 radical (unpaired) electrons. The van der Waals surface area contributed by atoms with Crippen LogP contribution >= 0.6 is 0 Å². The topological polar surface area (TPSA) is 29.6 Å². The molecule has 1 aromatic carbocycles. The van der Waals surface area contributed by atoms with Gasteiger partial charge in [-0.3, -0.25) is 0 Å². The standard InChI is InChI=1S/C13H14O2/c14-8-9-6-11(13-12(7-9)15-13)10-4-2-1-3-5-10/h1-5,8-9,11-13H,6-7H2. The molecular weight excluding hydrogens is 188 g/mol. The number of rotatable bonds is 2. The molecule has 2 fully saturated rings. The van der Waals surface area contributed by atoms with Crippen LogP contribution in [0.25, 0.3) is 0 Å². The second-order valence-electron chi connectivity index (χ2n) is 4.52. The molecular formula is C13H14O2. The number of carbonyl (C=O) groups is 1. The zero-order valence-corrected chi connectivity index (χ0v) is 8.50. The smallest absolute Gasteiger partial charge is 0.123 e. The molecule has 1 aliphatic heterocycles. The highest BCUT2D eigenvalue weighted by molar-refractivity contribution is 5.54. The molecule has 1 saturated heterocycles. The van der Waals surface area contributed by atoms with Gasteiger partial charge in [0.1, 0.15) is 6.29 Å². The number of hydrogen-bond donors (Lipinski definition) is 0. The summed E-state index contributed by atoms with van der Waals surface area (Å²) in [5.74, 6) is 0.624. The number of benzene rings is 1. The van der Waals surface area contributed by atoms with Crippen molar-refractivity contribution in [2.45, 2.75) is 31.0 Å². The lowest BCUT2D eigenvalue weighted by atomic mass is 9.78. The summed E-state index contributed by atoms with van der Waals surface area (Å²) in [4.78, 5) is 10.8. The van der Waals surface area contributed by atoms with Gasteiger partial charge in [-0.05, 0) is 18.4 Å². The molecule has 4 atom stereocenters. The number of hydrogen-bond acceptors (Lipinski definition) is 2. The van der Waals surface area contributed by atoms with Gasteiger partial charge in [-0.15, -0.1) is 0 Å². The van der Waals surface area contributed by atoms with Gasteiger partial charge in [0.15, 0.2) is 0 Å². The van der Waals surface area contributed by atoms with Crippen LogP contribution < -0.4 is 0 Å². The highest BCUT2D eigenvalue weighted by Crippen LogP contribution is 2.47. The van der Waals surface area contributed by atoms with E-state index in [2.05, 4.69) is 24.3 Å². The van der Waals surface area contributed by atoms with Gasteiger partial charge in [-0.1, -0.05) is 30.3 Å². The van der Waals surface area contributed by atoms with E-state index in [1.807, 2.05) is 6.07 Å². The predicted molar refractivity (Wildman–Crippen MR) is 56.6 cm³/mol. The van der Waals surface area contributed by atoms with Gasteiger partial charge in [0.25, 0.3) is 0 Å². The van der Waals surface area contributed by atoms with Crippen LogP contribution in [-0.4, -0.2) is 18.5 Å². The van der Waals surface area contributed by atoms with E-state index in [1.165, 1.54) is 5.56 Å². The summed E-state index contributed by atoms with van der Waals surface area (Å²) >= 11 is 0. The lowest BCUT2D eigenvalue weighted by Crippen LogP contribution is -2.22. The summed E-state index contributed by atoms with van der Waals surface area (Å²) in [7, 11) is 0. The van der Waals surface area contributed by atoms with Crippen LogP contribution in [0.4, 0.5) is 0 Å². The first-order valence-electron chi connectivity index (χ1n) is 5.54. The first-order valence-corrected chi connectivity index (χ1v) is 5.54. The minimum atomic E-state index is 0.193. The Labute approximate surface area is 89.2 Å². The van der Waals surface area contributed by atoms with Crippen LogP contribution in [0.2, 0.25) is 0 Å². The highest BCUT2D eigenvalue weighted by Gasteiger charge is 2.50. The quantitative estimate of drug-likeness (QED) is 0.543. The normalized spacial score (nSPS) is 38.1. The molecule has 0 bridgehead atoms. The lowest BCUT2D eigenvalue weighted by molar-refractivity contribution is -0.111. The maximum atomic E-state index is 10.8. The summed E-state index contributed by atoms with van der Waals surface area (Å²) in [6, 6.07) is 10.4. The van der Waals surface area contributed by atoms with Crippen molar-refractivity contribution in [3.05, 3.63) is 35.9 Å². The van der Waals surface area contributed by atoms with E-state index in [4.69, 9.17) is 4.74 Å². The SMILES string of the molecule is O=CC1CC2OC2C(c2ccccc2)C1. The van der Waals surface area contributed by atoms with Crippen LogP contribution in [0.3, 0.4) is 0 Å². The van der Waals surface area contributed by atoms with Crippen molar-refractivity contribution in [2.24, 2.45) is 5.92 Å². The van der Waals surface area contributed by atoms with E-state index in [0.29, 0.717) is 18.1 Å². The van der Waals surface area contributed by atoms with Crippen molar-refractivity contribution in [1.29, 1.82) is 0 Å². The fraction of sp³-hybridized carbons (Fsp3) is 0.462. The molecule has 2 aliphatic rings. The maximum Gasteiger partial charge on any atom is 0.123 e. The third-order valence-corrected chi connectivity index (χ3v) is 3.53. The molecule has 4 unspecified atom stereocenters. The molecule has 1 aliphatic carbocycles. The van der Waals surface area contributed by atoms with Gasteiger partial charge < -0.3 is 9.53 Å². The average molecular weight is 202 g/mol. The fourth-order valence-corrected chi connectivity index (χ4v) is 2.69. The number of ether oxygens (including phenoxy) is 1. The molecule has 78 valence electrons. The van der Waals surface area contributed by atoms with Crippen LogP contribution in [0.5, 0.6) is 0 Å². The summed E-state index contributed by atoms with van der Waals surface area (Å²) in [6.07, 6.45) is 3.70. The second-order valence-corrected chi connectivity index (χ2v) is 4.52. The Kier molecular flexibility index (Phi) is 2.10. The first kappa shape index (κ1) is 9.10. The summed E-state index contributed by atoms with van der Waals surface area (Å²) < 4.78 is 5.62. The van der Waals surface area contributed by atoms with Crippen molar-refractivity contribution < 1.29 is 9.53 Å². The van der Waals surface area contributed by atoms with E-state index in [0.717, 1.165) is 19.1 Å². The third kappa shape index (κ3) is 1.59. The Morgan fingerprint density at radius 2 is 2.00 bits per heavy atom. The average Bonchev–Trinajstić information content (AvgIpc) is 3.07. The minimum absolute atomic E-state index is 0.193. The van der Waals surface area contributed by atoms with Gasteiger partial charge in [0, 0.05) is 11.8 Å². The van der Waals surface area contributed by atoms with Crippen LogP contribution in [-0.2, 0) is 9.53 Å². The van der Waals surface area contributed by atoms with Crippen molar-refractivity contribution >= 4 is 6.29 Å². The third-order valence-electron chi connectivity index (χ3n) is 3.53. The van der Waals surface area contributed by atoms with Crippen molar-refractivity contribution in [3.8, 4) is 0 Å². The molecule has 1 heterocycles. The van der Waals surface area contributed by atoms with Crippen molar-refractivity contribution in [2.75, 3.05) is 0 Å². The van der Waals surface area contributed by atoms with Crippen LogP contribution in [0.1, 0.15) is 24.3 Å². The number of aldehydes is 1. The van der Waals surface area contributed by atoms with E-state index >= 15 is 0 Å². The van der Waals surface area contributed by atoms with Gasteiger partial charge in [0.05, 0.1) is 12.2 Å². The molecule has 2 heteroatoms. The van der Waals surface area contributed by atoms with Gasteiger partial charge >= 0.3 is 0 Å². The summed E-state index contributed by atoms with van der Waals surface area (Å²) in [6.45, 7) is 0. The molecule has 0 spiro atoms. The van der Waals surface area contributed by atoms with Gasteiger partial charge in [-0.2, -0.15) is 0 Å². The predicted octanol–water partition coefficient (Wildman–Crippen LogP) is 2.15. The Bertz CT molecular complexity index is 360. The van der Waals surface area contributed by atoms with E-state index in [-0.39, 0.29) is 5.92 Å². The van der Waals surface area contributed by atoms with E-state index in [1.54, 1.807) is 0 Å². The molecule has 0 amide bonds. The number of carbonyl (C=O) groups excluding carboxylic acids is 1. The lowest BCUT2D eigenvalue weighted by Gasteiger charge is -2.22. The molecule has 15 heavy (non-hydrogen) atoms. The van der Waals surface area contributed by atoms with E-state index < -0.39 is 0 Å². The summed E-state index contributed by atoms with van der Waals surface area (Å²) in [5, 5.41) is 0. The molecule has 1 saturated carbocycles. The molecule has 3 rings (SSSR count). The maximum absolute atomic E-state index is 10.8. The van der Waals surface area contributed by atoms with Crippen LogP contribution in [0.15, 0.2) is 30.3 Å². The Morgan fingerprint density at radius 3 is 2.73 bits per heavy atom. The monoisotopic (exact) mass is 202 g/mol. The zero-order chi connectivity index (χ0) is 10.3. The Hall–Kier alpha value is -1.15. The largest absolute Gasteiger partial charge is 0.369 e. The minimum Gasteiger partial charge on any atom is -0.369 e. The molecule has 0 N–H and O–H groups in total. The Morgan fingerprint density at radius 1 is 1.20 bits per heavy atom. The Balaban J connectivity index is 1.84. The number of epoxide rings is 1. The molecule has 1 aromatic rings. The fourth-order valence-electron chi connectivity index (χ4n) is 2.69. The molecule has 0 aromatic heterocycles. The van der Waals surface area contributed by atoms with Gasteiger partial charge in [-0.25, -0.2) is 0 Å². The van der Waals surface area contributed by atoms with Crippen molar-refractivity contribution in [1.82, 2.24) is 0 Å². The first-order chi connectivity index (χ1) is 7.38. The van der Waals surface area contributed by atoms with Crippen molar-refractivity contribution in [3.63, 3.8) is 0 Å². The highest BCUT2D eigenvalue weighted by atomic mass is 16.6. The number of fused-ring (bicyclic) bond motifs is 1. The van der Waals surface area contributed by atoms with E-state index in [9.17, 15) is 4.79 Å². The zero-order valence-electron chi connectivity index (χ0n) is 8.50. The second kappa shape index (κ2) is 3.46. The van der Waals surface area contributed by atoms with Gasteiger partial charge in [0.2, 0.25) is 0 Å². The van der Waals surface area contributed by atoms with Crippen LogP contribution in [0, 0.1) is 5.92 Å². The molecule has 2 nitrogen and oxygen atoms in total. The summed E-state index contributed by atoms with van der Waals surface area (Å²) in [5.41, 5.74) is 1.32.